The normalized spacial score (nSPS) is 25.8. The number of H-pyrrole nitrogens is 1. The summed E-state index contributed by atoms with van der Waals surface area (Å²) in [5, 5.41) is 53.1. The summed E-state index contributed by atoms with van der Waals surface area (Å²) in [6.07, 6.45) is -4.80. The first kappa shape index (κ1) is 24.7. The van der Waals surface area contributed by atoms with Crippen molar-refractivity contribution in [1.82, 2.24) is 15.2 Å². The largest absolute Gasteiger partial charge is 0.483 e. The van der Waals surface area contributed by atoms with E-state index in [2.05, 4.69) is 4.98 Å². The van der Waals surface area contributed by atoms with Crippen molar-refractivity contribution >= 4 is 33.6 Å². The average molecular weight is 511 g/mol. The zero-order valence-corrected chi connectivity index (χ0v) is 19.3. The molecule has 0 aliphatic heterocycles. The van der Waals surface area contributed by atoms with Gasteiger partial charge in [-0.1, -0.05) is 30.3 Å². The summed E-state index contributed by atoms with van der Waals surface area (Å²) in [6, 6.07) is 12.5. The van der Waals surface area contributed by atoms with Crippen molar-refractivity contribution in [3.8, 4) is 5.75 Å². The number of hydroxylamine groups is 1. The minimum Gasteiger partial charge on any atom is -0.483 e. The van der Waals surface area contributed by atoms with Crippen molar-refractivity contribution < 1.29 is 44.8 Å². The van der Waals surface area contributed by atoms with Gasteiger partial charge in [-0.25, -0.2) is 4.79 Å². The number of ether oxygens (including phenoxy) is 1. The monoisotopic (exact) mass is 511 g/mol. The number of fused-ring (bicyclic) bond motifs is 2. The van der Waals surface area contributed by atoms with Crippen LogP contribution >= 0.6 is 0 Å². The minimum atomic E-state index is -1.63. The van der Waals surface area contributed by atoms with Gasteiger partial charge in [-0.15, -0.1) is 0 Å². The zero-order valence-electron chi connectivity index (χ0n) is 19.3. The van der Waals surface area contributed by atoms with E-state index in [1.54, 1.807) is 42.6 Å². The Balaban J connectivity index is 1.43. The fraction of sp³-hybridized carbons (Fsp3) is 0.280. The maximum Gasteiger partial charge on any atom is 0.372 e. The molecule has 194 valence electrons. The second kappa shape index (κ2) is 9.84. The summed E-state index contributed by atoms with van der Waals surface area (Å²) < 4.78 is 7.10. The summed E-state index contributed by atoms with van der Waals surface area (Å²) in [6.45, 7) is 0. The molecular formula is C25H25N3O9. The molecule has 6 atom stereocenters. The number of rotatable bonds is 8. The third-order valence-electron chi connectivity index (χ3n) is 6.63. The number of aliphatic hydroxyl groups excluding tert-OH is 3. The number of carbonyl (C=O) groups excluding carboxylic acids is 1. The van der Waals surface area contributed by atoms with Gasteiger partial charge in [0.2, 0.25) is 5.78 Å². The second-order valence-electron chi connectivity index (χ2n) is 8.88. The highest BCUT2D eigenvalue weighted by atomic mass is 16.7. The van der Waals surface area contributed by atoms with Gasteiger partial charge in [0.1, 0.15) is 30.1 Å². The van der Waals surface area contributed by atoms with Crippen molar-refractivity contribution in [1.29, 1.82) is 0 Å². The van der Waals surface area contributed by atoms with Crippen LogP contribution < -0.4 is 15.1 Å². The van der Waals surface area contributed by atoms with Crippen molar-refractivity contribution in [2.75, 3.05) is 0 Å². The van der Waals surface area contributed by atoms with Crippen LogP contribution in [0.4, 0.5) is 0 Å². The topological polar surface area (TPSA) is 186 Å². The maximum atomic E-state index is 11.8. The number of aromatic nitrogens is 2. The molecule has 2 aromatic carbocycles. The number of aliphatic carboxylic acids is 1. The minimum absolute atomic E-state index is 0.331. The molecule has 0 spiro atoms. The van der Waals surface area contributed by atoms with Crippen LogP contribution in [-0.2, 0) is 16.0 Å². The summed E-state index contributed by atoms with van der Waals surface area (Å²) >= 11 is 0. The molecule has 0 bridgehead atoms. The number of benzene rings is 2. The highest BCUT2D eigenvalue weighted by Gasteiger charge is 2.53. The molecule has 5 rings (SSSR count). The predicted octanol–water partition coefficient (Wildman–Crippen LogP) is 0.00730. The number of aliphatic hydroxyl groups is 3. The molecule has 0 radical (unpaired) electrons. The first-order valence-electron chi connectivity index (χ1n) is 11.5. The predicted molar refractivity (Wildman–Crippen MR) is 128 cm³/mol. The Bertz CT molecular complexity index is 1450. The van der Waals surface area contributed by atoms with E-state index in [1.165, 1.54) is 10.9 Å². The zero-order chi connectivity index (χ0) is 26.3. The lowest BCUT2D eigenvalue weighted by atomic mass is 9.83. The number of ketones is 1. The Morgan fingerprint density at radius 3 is 2.49 bits per heavy atom. The summed E-state index contributed by atoms with van der Waals surface area (Å²) in [5.74, 6) is -2.26. The van der Waals surface area contributed by atoms with Crippen molar-refractivity contribution in [2.45, 2.75) is 43.0 Å². The summed E-state index contributed by atoms with van der Waals surface area (Å²) in [4.78, 5) is 31.8. The van der Waals surface area contributed by atoms with Crippen LogP contribution in [0.5, 0.6) is 5.75 Å². The van der Waals surface area contributed by atoms with Crippen LogP contribution in [0, 0.1) is 0 Å². The molecule has 37 heavy (non-hydrogen) atoms. The lowest BCUT2D eigenvalue weighted by Crippen LogP contribution is -2.70. The molecule has 1 saturated carbocycles. The number of Topliss-reactive ketones (excluding diaryl/α,β-unsaturated/α-hetero) is 1. The third-order valence-corrected chi connectivity index (χ3v) is 6.63. The van der Waals surface area contributed by atoms with Gasteiger partial charge in [-0.05, 0) is 23.8 Å². The van der Waals surface area contributed by atoms with Crippen molar-refractivity contribution in [3.05, 3.63) is 66.5 Å². The molecule has 2 heterocycles. The number of carbonyl (C=O) groups is 2. The van der Waals surface area contributed by atoms with Gasteiger partial charge in [0.05, 0.1) is 11.0 Å². The van der Waals surface area contributed by atoms with E-state index in [0.717, 1.165) is 5.39 Å². The molecule has 1 aliphatic carbocycles. The van der Waals surface area contributed by atoms with Gasteiger partial charge in [0, 0.05) is 29.6 Å². The van der Waals surface area contributed by atoms with Crippen LogP contribution in [0.15, 0.2) is 60.9 Å². The number of aromatic amines is 1. The number of hydrogen-bond donors (Lipinski definition) is 7. The van der Waals surface area contributed by atoms with E-state index in [0.29, 0.717) is 27.7 Å². The lowest BCUT2D eigenvalue weighted by molar-refractivity contribution is -0.208. The number of nitrogens with one attached hydrogen (secondary N) is 2. The smallest absolute Gasteiger partial charge is 0.372 e. The first-order chi connectivity index (χ1) is 17.8. The lowest BCUT2D eigenvalue weighted by Gasteiger charge is -2.44. The fourth-order valence-electron chi connectivity index (χ4n) is 4.75. The van der Waals surface area contributed by atoms with Crippen LogP contribution in [0.3, 0.4) is 0 Å². The number of nitrogens with zero attached hydrogens (tertiary/aromatic N) is 1. The van der Waals surface area contributed by atoms with Crippen LogP contribution in [-0.4, -0.2) is 83.7 Å². The van der Waals surface area contributed by atoms with Crippen LogP contribution in [0.25, 0.3) is 21.8 Å². The molecule has 7 N–H and O–H groups in total. The first-order valence-corrected chi connectivity index (χ1v) is 11.5. The van der Waals surface area contributed by atoms with Crippen molar-refractivity contribution in [3.63, 3.8) is 0 Å². The molecule has 1 aliphatic rings. The second-order valence-corrected chi connectivity index (χ2v) is 8.88. The standard InChI is InChI=1S/C25H25N3O9/c29-16(25(33)34)10-13-11-28(15-6-2-1-5-14(13)15)37-23-19(27-35)20(30)24(22(32)21(23)31)36-17-7-3-4-12-8-9-26-18(12)17/h1-9,11,19-24,26-27,30-32,35H,10H2,(H,33,34). The molecular weight excluding hydrogens is 486 g/mol. The van der Waals surface area contributed by atoms with Gasteiger partial charge >= 0.3 is 5.97 Å². The number of carboxylic acids is 1. The maximum absolute atomic E-state index is 11.8. The molecule has 12 heteroatoms. The van der Waals surface area contributed by atoms with E-state index < -0.39 is 54.7 Å². The van der Waals surface area contributed by atoms with Gasteiger partial charge in [0.25, 0.3) is 0 Å². The molecule has 6 unspecified atom stereocenters. The van der Waals surface area contributed by atoms with E-state index in [1.807, 2.05) is 17.6 Å². The average Bonchev–Trinajstić information content (AvgIpc) is 3.51. The van der Waals surface area contributed by atoms with E-state index in [9.17, 15) is 30.1 Å². The van der Waals surface area contributed by atoms with Gasteiger partial charge < -0.3 is 40.2 Å². The molecule has 12 nitrogen and oxygen atoms in total. The van der Waals surface area contributed by atoms with E-state index in [-0.39, 0.29) is 0 Å². The highest BCUT2D eigenvalue weighted by molar-refractivity contribution is 6.33. The van der Waals surface area contributed by atoms with E-state index >= 15 is 0 Å². The Hall–Kier alpha value is -3.94. The Morgan fingerprint density at radius 1 is 0.973 bits per heavy atom. The van der Waals surface area contributed by atoms with E-state index in [4.69, 9.17) is 14.7 Å². The molecule has 1 fully saturated rings. The van der Waals surface area contributed by atoms with Gasteiger partial charge in [0.15, 0.2) is 12.2 Å². The number of para-hydroxylation sites is 2. The van der Waals surface area contributed by atoms with Gasteiger partial charge in [-0.2, -0.15) is 10.2 Å². The SMILES string of the molecule is O=C(O)C(=O)Cc1cn(OC2C(O)C(O)C(Oc3cccc4cc[nH]c34)C(O)C2NO)c2ccccc12. The Morgan fingerprint density at radius 2 is 1.73 bits per heavy atom. The summed E-state index contributed by atoms with van der Waals surface area (Å²) in [5.41, 5.74) is 3.38. The molecule has 0 saturated heterocycles. The number of hydrogen-bond acceptors (Lipinski definition) is 9. The van der Waals surface area contributed by atoms with Crippen molar-refractivity contribution in [2.24, 2.45) is 0 Å². The molecule has 2 aromatic heterocycles. The molecule has 4 aromatic rings. The highest BCUT2D eigenvalue weighted by Crippen LogP contribution is 2.31. The van der Waals surface area contributed by atoms with Crippen LogP contribution in [0.2, 0.25) is 0 Å². The Kier molecular flexibility index (Phi) is 6.58. The quantitative estimate of drug-likeness (QED) is 0.125. The van der Waals surface area contributed by atoms with Gasteiger partial charge in [-0.3, -0.25) is 4.79 Å². The number of carboxylic acid groups (broad SMARTS) is 1. The fourth-order valence-corrected chi connectivity index (χ4v) is 4.75. The molecule has 0 amide bonds. The summed E-state index contributed by atoms with van der Waals surface area (Å²) in [7, 11) is 0. The Labute approximate surface area is 209 Å². The van der Waals surface area contributed by atoms with Crippen LogP contribution in [0.1, 0.15) is 5.56 Å². The third kappa shape index (κ3) is 4.41.